The predicted octanol–water partition coefficient (Wildman–Crippen LogP) is 2.11. The SMILES string of the molecule is CCOC(=O)c1cn(CC)c2c([N+](=O)[O-])cccc2c1=O. The lowest BCUT2D eigenvalue weighted by Crippen LogP contribution is -2.21. The second-order valence-electron chi connectivity index (χ2n) is 4.31. The van der Waals surface area contributed by atoms with Crippen molar-refractivity contribution < 1.29 is 14.5 Å². The summed E-state index contributed by atoms with van der Waals surface area (Å²) in [6.45, 7) is 3.95. The van der Waals surface area contributed by atoms with Crippen molar-refractivity contribution in [2.24, 2.45) is 0 Å². The quantitative estimate of drug-likeness (QED) is 0.488. The molecule has 0 fully saturated rings. The fourth-order valence-corrected chi connectivity index (χ4v) is 2.19. The molecule has 0 radical (unpaired) electrons. The molecule has 21 heavy (non-hydrogen) atoms. The van der Waals surface area contributed by atoms with Gasteiger partial charge in [-0.05, 0) is 19.9 Å². The molecule has 0 amide bonds. The largest absolute Gasteiger partial charge is 0.462 e. The van der Waals surface area contributed by atoms with E-state index in [1.165, 1.54) is 29.0 Å². The lowest BCUT2D eigenvalue weighted by atomic mass is 10.1. The highest BCUT2D eigenvalue weighted by atomic mass is 16.6. The summed E-state index contributed by atoms with van der Waals surface area (Å²) >= 11 is 0. The van der Waals surface area contributed by atoms with Crippen molar-refractivity contribution >= 4 is 22.6 Å². The average Bonchev–Trinajstić information content (AvgIpc) is 2.47. The van der Waals surface area contributed by atoms with Gasteiger partial charge in [0.15, 0.2) is 0 Å². The van der Waals surface area contributed by atoms with Gasteiger partial charge in [-0.1, -0.05) is 6.07 Å². The number of benzene rings is 1. The number of fused-ring (bicyclic) bond motifs is 1. The van der Waals surface area contributed by atoms with Crippen LogP contribution in [0.15, 0.2) is 29.2 Å². The second kappa shape index (κ2) is 5.74. The molecule has 0 aliphatic rings. The van der Waals surface area contributed by atoms with Crippen LogP contribution >= 0.6 is 0 Å². The topological polar surface area (TPSA) is 91.4 Å². The van der Waals surface area contributed by atoms with Crippen LogP contribution in [-0.4, -0.2) is 22.1 Å². The Morgan fingerprint density at radius 3 is 2.67 bits per heavy atom. The number of nitrogens with zero attached hydrogens (tertiary/aromatic N) is 2. The molecule has 110 valence electrons. The first-order chi connectivity index (χ1) is 10.0. The predicted molar refractivity (Wildman–Crippen MR) is 76.5 cm³/mol. The summed E-state index contributed by atoms with van der Waals surface area (Å²) in [5, 5.41) is 11.2. The number of non-ortho nitro benzene ring substituents is 1. The standard InChI is InChI=1S/C14H14N2O5/c1-3-15-8-10(14(18)21-4-2)13(17)9-6-5-7-11(12(9)15)16(19)20/h5-8H,3-4H2,1-2H3. The molecule has 0 bridgehead atoms. The van der Waals surface area contributed by atoms with Crippen LogP contribution in [0, 0.1) is 10.1 Å². The number of nitro benzene ring substituents is 1. The summed E-state index contributed by atoms with van der Waals surface area (Å²) in [6.07, 6.45) is 1.32. The molecule has 0 N–H and O–H groups in total. The van der Waals surface area contributed by atoms with Crippen LogP contribution in [0.4, 0.5) is 5.69 Å². The number of rotatable bonds is 4. The van der Waals surface area contributed by atoms with Crippen LogP contribution in [0.1, 0.15) is 24.2 Å². The molecule has 7 heteroatoms. The number of esters is 1. The van der Waals surface area contributed by atoms with E-state index < -0.39 is 16.3 Å². The van der Waals surface area contributed by atoms with E-state index in [9.17, 15) is 19.7 Å². The number of ether oxygens (including phenoxy) is 1. The van der Waals surface area contributed by atoms with E-state index in [-0.39, 0.29) is 28.8 Å². The number of nitro groups is 1. The molecule has 1 heterocycles. The number of para-hydroxylation sites is 1. The summed E-state index contributed by atoms with van der Waals surface area (Å²) in [7, 11) is 0. The fourth-order valence-electron chi connectivity index (χ4n) is 2.19. The van der Waals surface area contributed by atoms with Crippen molar-refractivity contribution in [3.05, 3.63) is 50.3 Å². The first-order valence-corrected chi connectivity index (χ1v) is 6.48. The maximum absolute atomic E-state index is 12.4. The number of carbonyl (C=O) groups excluding carboxylic acids is 1. The summed E-state index contributed by atoms with van der Waals surface area (Å²) in [5.41, 5.74) is -0.631. The van der Waals surface area contributed by atoms with Crippen LogP contribution in [0.3, 0.4) is 0 Å². The zero-order valence-electron chi connectivity index (χ0n) is 11.7. The number of pyridine rings is 1. The van der Waals surface area contributed by atoms with E-state index in [2.05, 4.69) is 0 Å². The van der Waals surface area contributed by atoms with Gasteiger partial charge in [0.25, 0.3) is 5.69 Å². The van der Waals surface area contributed by atoms with Crippen molar-refractivity contribution in [2.45, 2.75) is 20.4 Å². The molecule has 0 aliphatic heterocycles. The van der Waals surface area contributed by atoms with Crippen molar-refractivity contribution in [1.82, 2.24) is 4.57 Å². The molecule has 0 atom stereocenters. The van der Waals surface area contributed by atoms with Crippen LogP contribution in [0.5, 0.6) is 0 Å². The Bertz CT molecular complexity index is 779. The molecule has 7 nitrogen and oxygen atoms in total. The van der Waals surface area contributed by atoms with E-state index in [1.807, 2.05) is 0 Å². The number of aromatic nitrogens is 1. The van der Waals surface area contributed by atoms with Gasteiger partial charge in [0, 0.05) is 18.8 Å². The monoisotopic (exact) mass is 290 g/mol. The minimum atomic E-state index is -0.724. The van der Waals surface area contributed by atoms with E-state index >= 15 is 0 Å². The third-order valence-electron chi connectivity index (χ3n) is 3.11. The summed E-state index contributed by atoms with van der Waals surface area (Å²) in [5.74, 6) is -0.724. The van der Waals surface area contributed by atoms with Crippen LogP contribution in [-0.2, 0) is 11.3 Å². The lowest BCUT2D eigenvalue weighted by Gasteiger charge is -2.11. The van der Waals surface area contributed by atoms with Crippen molar-refractivity contribution in [1.29, 1.82) is 0 Å². The van der Waals surface area contributed by atoms with Gasteiger partial charge >= 0.3 is 5.97 Å². The summed E-state index contributed by atoms with van der Waals surface area (Å²) in [4.78, 5) is 34.7. The molecule has 0 saturated heterocycles. The molecular formula is C14H14N2O5. The number of hydrogen-bond acceptors (Lipinski definition) is 5. The maximum Gasteiger partial charge on any atom is 0.343 e. The second-order valence-corrected chi connectivity index (χ2v) is 4.31. The van der Waals surface area contributed by atoms with Gasteiger partial charge in [-0.25, -0.2) is 4.79 Å². The van der Waals surface area contributed by atoms with Gasteiger partial charge in [-0.15, -0.1) is 0 Å². The third-order valence-corrected chi connectivity index (χ3v) is 3.11. The minimum absolute atomic E-state index is 0.119. The Hall–Kier alpha value is -2.70. The Morgan fingerprint density at radius 1 is 1.38 bits per heavy atom. The average molecular weight is 290 g/mol. The van der Waals surface area contributed by atoms with Gasteiger partial charge in [0.2, 0.25) is 5.43 Å². The Kier molecular flexibility index (Phi) is 4.02. The number of carbonyl (C=O) groups is 1. The summed E-state index contributed by atoms with van der Waals surface area (Å²) in [6, 6.07) is 4.23. The molecule has 0 unspecified atom stereocenters. The maximum atomic E-state index is 12.4. The summed E-state index contributed by atoms with van der Waals surface area (Å²) < 4.78 is 6.36. The van der Waals surface area contributed by atoms with E-state index in [4.69, 9.17) is 4.74 Å². The fraction of sp³-hybridized carbons (Fsp3) is 0.286. The molecule has 1 aromatic heterocycles. The molecule has 2 aromatic rings. The lowest BCUT2D eigenvalue weighted by molar-refractivity contribution is -0.383. The zero-order valence-corrected chi connectivity index (χ0v) is 11.7. The highest BCUT2D eigenvalue weighted by molar-refractivity contribution is 5.96. The zero-order chi connectivity index (χ0) is 15.6. The number of aryl methyl sites for hydroxylation is 1. The van der Waals surface area contributed by atoms with Crippen molar-refractivity contribution in [3.8, 4) is 0 Å². The van der Waals surface area contributed by atoms with Gasteiger partial charge in [-0.2, -0.15) is 0 Å². The number of hydrogen-bond donors (Lipinski definition) is 0. The van der Waals surface area contributed by atoms with E-state index in [0.717, 1.165) is 0 Å². The van der Waals surface area contributed by atoms with Crippen molar-refractivity contribution in [2.75, 3.05) is 6.61 Å². The van der Waals surface area contributed by atoms with Crippen LogP contribution in [0.25, 0.3) is 10.9 Å². The van der Waals surface area contributed by atoms with Gasteiger partial charge < -0.3 is 9.30 Å². The van der Waals surface area contributed by atoms with E-state index in [1.54, 1.807) is 13.8 Å². The van der Waals surface area contributed by atoms with Crippen LogP contribution in [0.2, 0.25) is 0 Å². The third kappa shape index (κ3) is 2.49. The highest BCUT2D eigenvalue weighted by Crippen LogP contribution is 2.24. The van der Waals surface area contributed by atoms with Crippen molar-refractivity contribution in [3.63, 3.8) is 0 Å². The Morgan fingerprint density at radius 2 is 2.10 bits per heavy atom. The molecule has 0 spiro atoms. The minimum Gasteiger partial charge on any atom is -0.462 e. The molecule has 0 saturated carbocycles. The van der Waals surface area contributed by atoms with E-state index in [0.29, 0.717) is 6.54 Å². The van der Waals surface area contributed by atoms with Gasteiger partial charge in [-0.3, -0.25) is 14.9 Å². The molecule has 1 aromatic carbocycles. The molecule has 2 rings (SSSR count). The Labute approximate surface area is 119 Å². The first kappa shape index (κ1) is 14.7. The molecular weight excluding hydrogens is 276 g/mol. The normalized spacial score (nSPS) is 10.6. The Balaban J connectivity index is 2.86. The van der Waals surface area contributed by atoms with Gasteiger partial charge in [0.05, 0.1) is 16.9 Å². The molecule has 0 aliphatic carbocycles. The smallest absolute Gasteiger partial charge is 0.343 e. The van der Waals surface area contributed by atoms with Crippen LogP contribution < -0.4 is 5.43 Å². The highest BCUT2D eigenvalue weighted by Gasteiger charge is 2.21. The first-order valence-electron chi connectivity index (χ1n) is 6.48. The van der Waals surface area contributed by atoms with Gasteiger partial charge in [0.1, 0.15) is 11.1 Å².